The van der Waals surface area contributed by atoms with E-state index in [0.717, 1.165) is 16.5 Å². The summed E-state index contributed by atoms with van der Waals surface area (Å²) < 4.78 is 0. The molecule has 0 unspecified atom stereocenters. The molecule has 0 aromatic heterocycles. The number of ketones is 1. The molecular formula is C15H14N2O. The third-order valence-electron chi connectivity index (χ3n) is 2.87. The highest BCUT2D eigenvalue weighted by Crippen LogP contribution is 2.25. The number of nitriles is 1. The van der Waals surface area contributed by atoms with Gasteiger partial charge in [-0.2, -0.15) is 5.26 Å². The first-order chi connectivity index (χ1) is 8.72. The first kappa shape index (κ1) is 12.1. The number of hydrogen-bond acceptors (Lipinski definition) is 3. The van der Waals surface area contributed by atoms with E-state index < -0.39 is 0 Å². The van der Waals surface area contributed by atoms with Crippen LogP contribution in [-0.4, -0.2) is 19.4 Å². The fraction of sp³-hybridized carbons (Fsp3) is 0.200. The molecule has 90 valence electrons. The molecule has 3 heteroatoms. The van der Waals surface area contributed by atoms with Gasteiger partial charge in [-0.3, -0.25) is 4.79 Å². The predicted octanol–water partition coefficient (Wildman–Crippen LogP) is 2.76. The molecule has 0 amide bonds. The molecule has 0 fully saturated rings. The summed E-state index contributed by atoms with van der Waals surface area (Å²) in [5, 5.41) is 10.8. The highest BCUT2D eigenvalue weighted by molar-refractivity contribution is 5.96. The fourth-order valence-corrected chi connectivity index (χ4v) is 2.03. The quantitative estimate of drug-likeness (QED) is 0.822. The van der Waals surface area contributed by atoms with Gasteiger partial charge in [0.05, 0.1) is 19.0 Å². The maximum atomic E-state index is 11.5. The summed E-state index contributed by atoms with van der Waals surface area (Å²) in [5.41, 5.74) is 1.01. The van der Waals surface area contributed by atoms with E-state index in [-0.39, 0.29) is 18.7 Å². The molecular weight excluding hydrogens is 224 g/mol. The molecule has 2 aromatic carbocycles. The van der Waals surface area contributed by atoms with Gasteiger partial charge in [0.15, 0.2) is 5.78 Å². The van der Waals surface area contributed by atoms with Gasteiger partial charge >= 0.3 is 0 Å². The third kappa shape index (κ3) is 2.49. The number of anilines is 1. The summed E-state index contributed by atoms with van der Waals surface area (Å²) in [6.45, 7) is 0.265. The van der Waals surface area contributed by atoms with E-state index in [1.165, 1.54) is 0 Å². The second kappa shape index (κ2) is 5.33. The lowest BCUT2D eigenvalue weighted by Crippen LogP contribution is -2.25. The number of carbonyl (C=O) groups is 1. The standard InChI is InChI=1S/C15H14N2O/c1-17(11-13(18)9-10-16)15-8-4-6-12-5-2-3-7-14(12)15/h2-8H,9,11H2,1H3. The Bertz CT molecular complexity index is 608. The Kier molecular flexibility index (Phi) is 3.59. The molecule has 3 nitrogen and oxygen atoms in total. The van der Waals surface area contributed by atoms with Gasteiger partial charge < -0.3 is 4.90 Å². The maximum absolute atomic E-state index is 11.5. The van der Waals surface area contributed by atoms with Crippen LogP contribution in [0, 0.1) is 11.3 Å². The summed E-state index contributed by atoms with van der Waals surface area (Å²) in [7, 11) is 1.87. The summed E-state index contributed by atoms with van der Waals surface area (Å²) in [5.74, 6) is -0.0621. The monoisotopic (exact) mass is 238 g/mol. The number of rotatable bonds is 4. The van der Waals surface area contributed by atoms with Gasteiger partial charge in [0.1, 0.15) is 0 Å². The van der Waals surface area contributed by atoms with Crippen molar-refractivity contribution in [1.82, 2.24) is 0 Å². The molecule has 0 heterocycles. The summed E-state index contributed by atoms with van der Waals surface area (Å²) in [6, 6.07) is 16.0. The first-order valence-electron chi connectivity index (χ1n) is 5.80. The van der Waals surface area contributed by atoms with Crippen LogP contribution in [0.15, 0.2) is 42.5 Å². The Balaban J connectivity index is 2.31. The van der Waals surface area contributed by atoms with Crippen LogP contribution >= 0.6 is 0 Å². The molecule has 0 saturated carbocycles. The Hall–Kier alpha value is -2.34. The second-order valence-electron chi connectivity index (χ2n) is 4.23. The van der Waals surface area contributed by atoms with Crippen LogP contribution in [0.1, 0.15) is 6.42 Å². The zero-order valence-corrected chi connectivity index (χ0v) is 10.3. The summed E-state index contributed by atoms with van der Waals surface area (Å²) >= 11 is 0. The lowest BCUT2D eigenvalue weighted by molar-refractivity contribution is -0.116. The number of hydrogen-bond donors (Lipinski definition) is 0. The van der Waals surface area contributed by atoms with Crippen LogP contribution in [0.5, 0.6) is 0 Å². The molecule has 0 aliphatic rings. The molecule has 0 N–H and O–H groups in total. The Labute approximate surface area is 106 Å². The average Bonchev–Trinajstić information content (AvgIpc) is 2.38. The molecule has 18 heavy (non-hydrogen) atoms. The fourth-order valence-electron chi connectivity index (χ4n) is 2.03. The van der Waals surface area contributed by atoms with Gasteiger partial charge in [0.25, 0.3) is 0 Å². The molecule has 0 radical (unpaired) electrons. The zero-order chi connectivity index (χ0) is 13.0. The van der Waals surface area contributed by atoms with Crippen molar-refractivity contribution in [3.05, 3.63) is 42.5 Å². The molecule has 0 saturated heterocycles. The van der Waals surface area contributed by atoms with E-state index in [9.17, 15) is 4.79 Å². The van der Waals surface area contributed by atoms with E-state index in [4.69, 9.17) is 5.26 Å². The van der Waals surface area contributed by atoms with Gasteiger partial charge in [0, 0.05) is 18.1 Å². The van der Waals surface area contributed by atoms with Crippen molar-refractivity contribution in [3.63, 3.8) is 0 Å². The van der Waals surface area contributed by atoms with Crippen LogP contribution < -0.4 is 4.90 Å². The van der Waals surface area contributed by atoms with E-state index in [0.29, 0.717) is 0 Å². The minimum Gasteiger partial charge on any atom is -0.367 e. The van der Waals surface area contributed by atoms with Crippen LogP contribution in [-0.2, 0) is 4.79 Å². The Morgan fingerprint density at radius 2 is 1.94 bits per heavy atom. The summed E-state index contributed by atoms with van der Waals surface area (Å²) in [4.78, 5) is 13.4. The number of benzene rings is 2. The molecule has 2 rings (SSSR count). The van der Waals surface area contributed by atoms with Crippen molar-refractivity contribution >= 4 is 22.2 Å². The van der Waals surface area contributed by atoms with E-state index in [2.05, 4.69) is 0 Å². The van der Waals surface area contributed by atoms with E-state index >= 15 is 0 Å². The highest BCUT2D eigenvalue weighted by Gasteiger charge is 2.09. The topological polar surface area (TPSA) is 44.1 Å². The van der Waals surface area contributed by atoms with Gasteiger partial charge in [-0.05, 0) is 11.5 Å². The Morgan fingerprint density at radius 3 is 2.72 bits per heavy atom. The molecule has 0 aliphatic heterocycles. The number of nitrogens with zero attached hydrogens (tertiary/aromatic N) is 2. The normalized spacial score (nSPS) is 10.0. The van der Waals surface area contributed by atoms with Crippen molar-refractivity contribution < 1.29 is 4.79 Å². The van der Waals surface area contributed by atoms with E-state index in [1.807, 2.05) is 60.5 Å². The van der Waals surface area contributed by atoms with Crippen LogP contribution in [0.4, 0.5) is 5.69 Å². The smallest absolute Gasteiger partial charge is 0.166 e. The van der Waals surface area contributed by atoms with Crippen LogP contribution in [0.2, 0.25) is 0 Å². The molecule has 0 bridgehead atoms. The van der Waals surface area contributed by atoms with Gasteiger partial charge in [-0.25, -0.2) is 0 Å². The lowest BCUT2D eigenvalue weighted by Gasteiger charge is -2.19. The van der Waals surface area contributed by atoms with Crippen molar-refractivity contribution in [1.29, 1.82) is 5.26 Å². The minimum absolute atomic E-state index is 0.0326. The molecule has 0 spiro atoms. The molecule has 0 aliphatic carbocycles. The Morgan fingerprint density at radius 1 is 1.22 bits per heavy atom. The largest absolute Gasteiger partial charge is 0.367 e. The van der Waals surface area contributed by atoms with Gasteiger partial charge in [-0.1, -0.05) is 36.4 Å². The summed E-state index contributed by atoms with van der Waals surface area (Å²) in [6.07, 6.45) is -0.0326. The first-order valence-corrected chi connectivity index (χ1v) is 5.80. The van der Waals surface area contributed by atoms with Crippen LogP contribution in [0.3, 0.4) is 0 Å². The average molecular weight is 238 g/mol. The minimum atomic E-state index is -0.0621. The molecule has 2 aromatic rings. The second-order valence-corrected chi connectivity index (χ2v) is 4.23. The van der Waals surface area contributed by atoms with Crippen LogP contribution in [0.25, 0.3) is 10.8 Å². The number of Topliss-reactive ketones (excluding diaryl/α,β-unsaturated/α-hetero) is 1. The number of likely N-dealkylation sites (N-methyl/N-ethyl adjacent to an activating group) is 1. The molecule has 0 atom stereocenters. The van der Waals surface area contributed by atoms with E-state index in [1.54, 1.807) is 0 Å². The van der Waals surface area contributed by atoms with Gasteiger partial charge in [0.2, 0.25) is 0 Å². The van der Waals surface area contributed by atoms with Crippen molar-refractivity contribution in [2.75, 3.05) is 18.5 Å². The number of fused-ring (bicyclic) bond motifs is 1. The number of carbonyl (C=O) groups excluding carboxylic acids is 1. The van der Waals surface area contributed by atoms with Gasteiger partial charge in [-0.15, -0.1) is 0 Å². The van der Waals surface area contributed by atoms with Crippen molar-refractivity contribution in [2.24, 2.45) is 0 Å². The maximum Gasteiger partial charge on any atom is 0.166 e. The highest BCUT2D eigenvalue weighted by atomic mass is 16.1. The predicted molar refractivity (Wildman–Crippen MR) is 72.5 cm³/mol. The van der Waals surface area contributed by atoms with Crippen molar-refractivity contribution in [2.45, 2.75) is 6.42 Å². The SMILES string of the molecule is CN(CC(=O)CC#N)c1cccc2ccccc12. The van der Waals surface area contributed by atoms with Crippen molar-refractivity contribution in [3.8, 4) is 6.07 Å². The zero-order valence-electron chi connectivity index (χ0n) is 10.3. The lowest BCUT2D eigenvalue weighted by atomic mass is 10.1. The third-order valence-corrected chi connectivity index (χ3v) is 2.87.